The van der Waals surface area contributed by atoms with E-state index in [1.165, 1.54) is 77.2 Å². The zero-order valence-corrected chi connectivity index (χ0v) is 13.2. The molecule has 0 atom stereocenters. The van der Waals surface area contributed by atoms with Gasteiger partial charge in [0.2, 0.25) is 0 Å². The van der Waals surface area contributed by atoms with Crippen LogP contribution in [0.3, 0.4) is 0 Å². The summed E-state index contributed by atoms with van der Waals surface area (Å²) in [6, 6.07) is 4.51. The minimum Gasteiger partial charge on any atom is -0.351 e. The molecule has 0 aliphatic carbocycles. The van der Waals surface area contributed by atoms with E-state index in [9.17, 15) is 0 Å². The summed E-state index contributed by atoms with van der Waals surface area (Å²) in [6.07, 6.45) is 17.4. The zero-order valence-electron chi connectivity index (χ0n) is 13.2. The third kappa shape index (κ3) is 7.44. The molecule has 0 spiro atoms. The summed E-state index contributed by atoms with van der Waals surface area (Å²) < 4.78 is 2.47. The Bertz CT molecular complexity index is 300. The average molecular weight is 263 g/mol. The topological polar surface area (TPSA) is 4.93 Å². The monoisotopic (exact) mass is 263 g/mol. The lowest BCUT2D eigenvalue weighted by molar-refractivity contribution is 0.539. The SMILES string of the molecule is CCCCCCCCCn1cccc1CCCCC. The maximum atomic E-state index is 2.47. The first kappa shape index (κ1) is 16.3. The van der Waals surface area contributed by atoms with E-state index in [0.29, 0.717) is 0 Å². The number of hydrogen-bond acceptors (Lipinski definition) is 0. The van der Waals surface area contributed by atoms with Gasteiger partial charge in [-0.1, -0.05) is 65.2 Å². The predicted molar refractivity (Wildman–Crippen MR) is 85.7 cm³/mol. The molecule has 0 radical (unpaired) electrons. The predicted octanol–water partition coefficient (Wildman–Crippen LogP) is 5.97. The van der Waals surface area contributed by atoms with E-state index in [1.54, 1.807) is 5.69 Å². The van der Waals surface area contributed by atoms with Crippen LogP contribution in [0, 0.1) is 0 Å². The average Bonchev–Trinajstić information content (AvgIpc) is 2.86. The fraction of sp³-hybridized carbons (Fsp3) is 0.778. The third-order valence-electron chi connectivity index (χ3n) is 3.96. The summed E-state index contributed by atoms with van der Waals surface area (Å²) in [7, 11) is 0. The van der Waals surface area contributed by atoms with Gasteiger partial charge in [-0.15, -0.1) is 0 Å². The van der Waals surface area contributed by atoms with Crippen molar-refractivity contribution in [3.63, 3.8) is 0 Å². The summed E-state index contributed by atoms with van der Waals surface area (Å²) in [5.74, 6) is 0. The van der Waals surface area contributed by atoms with Crippen LogP contribution < -0.4 is 0 Å². The Hall–Kier alpha value is -0.720. The van der Waals surface area contributed by atoms with Crippen molar-refractivity contribution in [2.75, 3.05) is 0 Å². The molecule has 1 aromatic heterocycles. The molecule has 110 valence electrons. The highest BCUT2D eigenvalue weighted by Gasteiger charge is 2.00. The van der Waals surface area contributed by atoms with Gasteiger partial charge in [-0.2, -0.15) is 0 Å². The number of aromatic nitrogens is 1. The lowest BCUT2D eigenvalue weighted by Gasteiger charge is -2.09. The van der Waals surface area contributed by atoms with Crippen molar-refractivity contribution in [1.29, 1.82) is 0 Å². The molecule has 1 rings (SSSR count). The third-order valence-corrected chi connectivity index (χ3v) is 3.96. The van der Waals surface area contributed by atoms with Crippen LogP contribution in [0.1, 0.15) is 83.7 Å². The fourth-order valence-electron chi connectivity index (χ4n) is 2.69. The Morgan fingerprint density at radius 1 is 0.789 bits per heavy atom. The molecule has 0 bridgehead atoms. The highest BCUT2D eigenvalue weighted by molar-refractivity contribution is 5.07. The standard InChI is InChI=1S/C18H33N/c1-3-5-7-8-9-10-12-16-19-17-13-15-18(19)14-11-6-4-2/h13,15,17H,3-12,14,16H2,1-2H3. The van der Waals surface area contributed by atoms with Crippen molar-refractivity contribution < 1.29 is 0 Å². The van der Waals surface area contributed by atoms with Gasteiger partial charge in [-0.25, -0.2) is 0 Å². The minimum absolute atomic E-state index is 1.22. The molecule has 0 saturated heterocycles. The van der Waals surface area contributed by atoms with E-state index in [4.69, 9.17) is 0 Å². The molecular weight excluding hydrogens is 230 g/mol. The Kier molecular flexibility index (Phi) is 9.57. The summed E-state index contributed by atoms with van der Waals surface area (Å²) >= 11 is 0. The van der Waals surface area contributed by atoms with Gasteiger partial charge in [-0.3, -0.25) is 0 Å². The van der Waals surface area contributed by atoms with Crippen molar-refractivity contribution in [3.8, 4) is 0 Å². The Morgan fingerprint density at radius 2 is 1.42 bits per heavy atom. The summed E-state index contributed by atoms with van der Waals surface area (Å²) in [4.78, 5) is 0. The van der Waals surface area contributed by atoms with Crippen molar-refractivity contribution >= 4 is 0 Å². The lowest BCUT2D eigenvalue weighted by atomic mass is 10.1. The van der Waals surface area contributed by atoms with E-state index in [0.717, 1.165) is 0 Å². The molecular formula is C18H33N. The van der Waals surface area contributed by atoms with Crippen LogP contribution in [0.5, 0.6) is 0 Å². The molecule has 1 heterocycles. The first-order chi connectivity index (χ1) is 9.38. The molecule has 0 aliphatic rings. The molecule has 0 saturated carbocycles. The van der Waals surface area contributed by atoms with Crippen LogP contribution in [-0.2, 0) is 13.0 Å². The number of nitrogens with zero attached hydrogens (tertiary/aromatic N) is 1. The molecule has 19 heavy (non-hydrogen) atoms. The van der Waals surface area contributed by atoms with Crippen molar-refractivity contribution in [1.82, 2.24) is 4.57 Å². The van der Waals surface area contributed by atoms with Crippen LogP contribution >= 0.6 is 0 Å². The molecule has 0 aromatic carbocycles. The number of rotatable bonds is 12. The first-order valence-electron chi connectivity index (χ1n) is 8.52. The molecule has 0 aliphatic heterocycles. The molecule has 0 unspecified atom stereocenters. The quantitative estimate of drug-likeness (QED) is 0.409. The second-order valence-electron chi connectivity index (χ2n) is 5.77. The van der Waals surface area contributed by atoms with Crippen LogP contribution in [0.25, 0.3) is 0 Å². The van der Waals surface area contributed by atoms with E-state index in [1.807, 2.05) is 0 Å². The molecule has 1 aromatic rings. The van der Waals surface area contributed by atoms with Gasteiger partial charge in [0, 0.05) is 18.4 Å². The van der Waals surface area contributed by atoms with Crippen LogP contribution in [0.15, 0.2) is 18.3 Å². The maximum Gasteiger partial charge on any atom is 0.0222 e. The maximum absolute atomic E-state index is 2.47. The number of unbranched alkanes of at least 4 members (excludes halogenated alkanes) is 8. The van der Waals surface area contributed by atoms with Gasteiger partial charge in [-0.05, 0) is 31.4 Å². The van der Waals surface area contributed by atoms with Gasteiger partial charge < -0.3 is 4.57 Å². The second kappa shape index (κ2) is 11.1. The normalized spacial score (nSPS) is 11.1. The zero-order chi connectivity index (χ0) is 13.8. The molecule has 0 amide bonds. The minimum atomic E-state index is 1.22. The molecule has 0 N–H and O–H groups in total. The highest BCUT2D eigenvalue weighted by atomic mass is 15.0. The van der Waals surface area contributed by atoms with Gasteiger partial charge in [0.05, 0.1) is 0 Å². The van der Waals surface area contributed by atoms with Crippen molar-refractivity contribution in [2.45, 2.75) is 91.0 Å². The van der Waals surface area contributed by atoms with Gasteiger partial charge in [0.25, 0.3) is 0 Å². The van der Waals surface area contributed by atoms with Gasteiger partial charge in [0.15, 0.2) is 0 Å². The summed E-state index contributed by atoms with van der Waals surface area (Å²) in [6.45, 7) is 5.78. The Labute approximate surface area is 120 Å². The lowest BCUT2D eigenvalue weighted by Crippen LogP contribution is -2.02. The first-order valence-corrected chi connectivity index (χ1v) is 8.52. The van der Waals surface area contributed by atoms with Crippen LogP contribution in [0.2, 0.25) is 0 Å². The second-order valence-corrected chi connectivity index (χ2v) is 5.77. The largest absolute Gasteiger partial charge is 0.351 e. The fourth-order valence-corrected chi connectivity index (χ4v) is 2.69. The molecule has 0 fully saturated rings. The highest BCUT2D eigenvalue weighted by Crippen LogP contribution is 2.12. The Morgan fingerprint density at radius 3 is 2.16 bits per heavy atom. The van der Waals surface area contributed by atoms with Gasteiger partial charge in [0.1, 0.15) is 0 Å². The van der Waals surface area contributed by atoms with E-state index in [-0.39, 0.29) is 0 Å². The number of hydrogen-bond donors (Lipinski definition) is 0. The molecule has 1 nitrogen and oxygen atoms in total. The van der Waals surface area contributed by atoms with Crippen LogP contribution in [0.4, 0.5) is 0 Å². The van der Waals surface area contributed by atoms with Gasteiger partial charge >= 0.3 is 0 Å². The smallest absolute Gasteiger partial charge is 0.0222 e. The van der Waals surface area contributed by atoms with E-state index < -0.39 is 0 Å². The van der Waals surface area contributed by atoms with Crippen LogP contribution in [-0.4, -0.2) is 4.57 Å². The number of aryl methyl sites for hydroxylation is 2. The Balaban J connectivity index is 2.10. The summed E-state index contributed by atoms with van der Waals surface area (Å²) in [5, 5.41) is 0. The van der Waals surface area contributed by atoms with E-state index in [2.05, 4.69) is 36.7 Å². The molecule has 1 heteroatoms. The van der Waals surface area contributed by atoms with Crippen molar-refractivity contribution in [2.24, 2.45) is 0 Å². The van der Waals surface area contributed by atoms with Crippen molar-refractivity contribution in [3.05, 3.63) is 24.0 Å². The van der Waals surface area contributed by atoms with E-state index >= 15 is 0 Å². The summed E-state index contributed by atoms with van der Waals surface area (Å²) in [5.41, 5.74) is 1.54.